The van der Waals surface area contributed by atoms with Crippen LogP contribution in [-0.4, -0.2) is 33.0 Å². The number of nitrogens with two attached hydrogens (primary N) is 1. The molecule has 4 rings (SSSR count). The van der Waals surface area contributed by atoms with Crippen LogP contribution >= 0.6 is 0 Å². The molecule has 3 aromatic rings. The molecule has 0 bridgehead atoms. The highest BCUT2D eigenvalue weighted by Gasteiger charge is 2.23. The van der Waals surface area contributed by atoms with Crippen LogP contribution in [0.1, 0.15) is 36.2 Å². The number of nitrogens with one attached hydrogen (secondary N) is 1. The molecule has 1 fully saturated rings. The third-order valence-electron chi connectivity index (χ3n) is 5.20. The van der Waals surface area contributed by atoms with Crippen LogP contribution in [0.4, 0.5) is 18.9 Å². The van der Waals surface area contributed by atoms with Gasteiger partial charge in [-0.25, -0.2) is 23.1 Å². The lowest BCUT2D eigenvalue weighted by atomic mass is 9.94. The summed E-state index contributed by atoms with van der Waals surface area (Å²) in [5.74, 6) is -3.51. The first-order valence-electron chi connectivity index (χ1n) is 10.1. The fourth-order valence-electron chi connectivity index (χ4n) is 3.52. The number of carbonyl (C=O) groups is 1. The number of anilines is 1. The lowest BCUT2D eigenvalue weighted by Crippen LogP contribution is -2.32. The van der Waals surface area contributed by atoms with Crippen molar-refractivity contribution in [1.82, 2.24) is 15.0 Å². The fraction of sp³-hybridized carbons (Fsp3) is 0.273. The summed E-state index contributed by atoms with van der Waals surface area (Å²) in [6, 6.07) is 5.30. The van der Waals surface area contributed by atoms with Crippen LogP contribution in [-0.2, 0) is 0 Å². The lowest BCUT2D eigenvalue weighted by molar-refractivity contribution is 0.101. The van der Waals surface area contributed by atoms with Crippen molar-refractivity contribution in [1.29, 1.82) is 0 Å². The summed E-state index contributed by atoms with van der Waals surface area (Å²) >= 11 is 0. The Balaban J connectivity index is 1.57. The molecular weight excluding hydrogens is 423 g/mol. The third-order valence-corrected chi connectivity index (χ3v) is 5.20. The van der Waals surface area contributed by atoms with Gasteiger partial charge in [-0.05, 0) is 49.9 Å². The number of halogens is 3. The molecule has 3 N–H and O–H groups in total. The Labute approximate surface area is 181 Å². The molecular formula is C22H20F3N5O2. The standard InChI is InChI=1S/C22H20F3N5O2/c23-14-2-1-3-15(24)19(14)20-16(25)8-9-17(29-20)21(31)30-18-10-27-11-28-22(18)32-13-6-4-12(26)5-7-13/h1-3,8-13H,4-7,26H2,(H,30,31). The van der Waals surface area contributed by atoms with Crippen molar-refractivity contribution in [2.45, 2.75) is 37.8 Å². The summed E-state index contributed by atoms with van der Waals surface area (Å²) in [5, 5.41) is 2.57. The number of rotatable bonds is 5. The summed E-state index contributed by atoms with van der Waals surface area (Å²) in [6.45, 7) is 0. The van der Waals surface area contributed by atoms with E-state index in [0.717, 1.165) is 56.0 Å². The normalized spacial score (nSPS) is 18.2. The minimum absolute atomic E-state index is 0.0973. The van der Waals surface area contributed by atoms with Gasteiger partial charge in [-0.3, -0.25) is 4.79 Å². The third kappa shape index (κ3) is 4.70. The predicted octanol–water partition coefficient (Wildman–Crippen LogP) is 3.86. The van der Waals surface area contributed by atoms with Crippen molar-refractivity contribution in [3.63, 3.8) is 0 Å². The maximum absolute atomic E-state index is 14.3. The van der Waals surface area contributed by atoms with Gasteiger partial charge in [0.05, 0.1) is 11.8 Å². The lowest BCUT2D eigenvalue weighted by Gasteiger charge is -2.26. The van der Waals surface area contributed by atoms with Gasteiger partial charge in [-0.15, -0.1) is 0 Å². The van der Waals surface area contributed by atoms with Crippen LogP contribution < -0.4 is 15.8 Å². The van der Waals surface area contributed by atoms with Gasteiger partial charge in [-0.2, -0.15) is 4.98 Å². The molecule has 10 heteroatoms. The Morgan fingerprint density at radius 2 is 1.75 bits per heavy atom. The monoisotopic (exact) mass is 443 g/mol. The quantitative estimate of drug-likeness (QED) is 0.621. The molecule has 166 valence electrons. The van der Waals surface area contributed by atoms with Gasteiger partial charge < -0.3 is 15.8 Å². The average molecular weight is 443 g/mol. The number of nitrogens with zero attached hydrogens (tertiary/aromatic N) is 3. The van der Waals surface area contributed by atoms with Crippen LogP contribution in [0.5, 0.6) is 5.88 Å². The zero-order valence-corrected chi connectivity index (χ0v) is 16.9. The molecule has 0 aliphatic heterocycles. The predicted molar refractivity (Wildman–Crippen MR) is 110 cm³/mol. The maximum Gasteiger partial charge on any atom is 0.274 e. The summed E-state index contributed by atoms with van der Waals surface area (Å²) in [7, 11) is 0. The van der Waals surface area contributed by atoms with Crippen LogP contribution in [0.3, 0.4) is 0 Å². The second-order valence-electron chi connectivity index (χ2n) is 7.47. The van der Waals surface area contributed by atoms with Crippen molar-refractivity contribution >= 4 is 11.6 Å². The number of benzene rings is 1. The molecule has 0 saturated heterocycles. The Morgan fingerprint density at radius 3 is 2.47 bits per heavy atom. The number of ether oxygens (including phenoxy) is 1. The van der Waals surface area contributed by atoms with E-state index in [2.05, 4.69) is 20.3 Å². The molecule has 1 saturated carbocycles. The largest absolute Gasteiger partial charge is 0.473 e. The molecule has 32 heavy (non-hydrogen) atoms. The maximum atomic E-state index is 14.3. The highest BCUT2D eigenvalue weighted by Crippen LogP contribution is 2.29. The van der Waals surface area contributed by atoms with Gasteiger partial charge in [0, 0.05) is 6.04 Å². The van der Waals surface area contributed by atoms with E-state index < -0.39 is 34.6 Å². The summed E-state index contributed by atoms with van der Waals surface area (Å²) < 4.78 is 48.4. The highest BCUT2D eigenvalue weighted by molar-refractivity contribution is 6.03. The molecule has 0 atom stereocenters. The van der Waals surface area contributed by atoms with Crippen LogP contribution in [0, 0.1) is 17.5 Å². The van der Waals surface area contributed by atoms with Gasteiger partial charge in [0.25, 0.3) is 5.91 Å². The molecule has 2 heterocycles. The molecule has 1 amide bonds. The van der Waals surface area contributed by atoms with Crippen molar-refractivity contribution in [2.75, 3.05) is 5.32 Å². The van der Waals surface area contributed by atoms with Gasteiger partial charge in [0.2, 0.25) is 5.88 Å². The van der Waals surface area contributed by atoms with E-state index in [0.29, 0.717) is 0 Å². The van der Waals surface area contributed by atoms with Crippen molar-refractivity contribution in [2.24, 2.45) is 5.73 Å². The van der Waals surface area contributed by atoms with Crippen molar-refractivity contribution < 1.29 is 22.7 Å². The number of aromatic nitrogens is 3. The molecule has 0 radical (unpaired) electrons. The fourth-order valence-corrected chi connectivity index (χ4v) is 3.52. The molecule has 1 aliphatic carbocycles. The average Bonchev–Trinajstić information content (AvgIpc) is 2.77. The smallest absolute Gasteiger partial charge is 0.274 e. The summed E-state index contributed by atoms with van der Waals surface area (Å²) in [5.41, 5.74) is 4.60. The number of carbonyl (C=O) groups excluding carboxylic acids is 1. The van der Waals surface area contributed by atoms with E-state index in [1.54, 1.807) is 0 Å². The van der Waals surface area contributed by atoms with E-state index in [1.807, 2.05) is 0 Å². The number of amides is 1. The van der Waals surface area contributed by atoms with Crippen molar-refractivity contribution in [3.8, 4) is 17.1 Å². The van der Waals surface area contributed by atoms with Crippen LogP contribution in [0.15, 0.2) is 42.9 Å². The first kappa shape index (κ1) is 21.7. The Morgan fingerprint density at radius 1 is 1.03 bits per heavy atom. The Bertz CT molecular complexity index is 1120. The molecule has 2 aromatic heterocycles. The second-order valence-corrected chi connectivity index (χ2v) is 7.47. The first-order chi connectivity index (χ1) is 15.4. The van der Waals surface area contributed by atoms with Crippen LogP contribution in [0.25, 0.3) is 11.3 Å². The van der Waals surface area contributed by atoms with E-state index in [4.69, 9.17) is 10.5 Å². The Hall–Kier alpha value is -3.53. The highest BCUT2D eigenvalue weighted by atomic mass is 19.1. The minimum Gasteiger partial charge on any atom is -0.473 e. The zero-order chi connectivity index (χ0) is 22.7. The van der Waals surface area contributed by atoms with E-state index in [1.165, 1.54) is 12.5 Å². The van der Waals surface area contributed by atoms with Crippen LogP contribution in [0.2, 0.25) is 0 Å². The number of hydrogen-bond acceptors (Lipinski definition) is 6. The zero-order valence-electron chi connectivity index (χ0n) is 16.9. The molecule has 0 spiro atoms. The second kappa shape index (κ2) is 9.31. The molecule has 7 nitrogen and oxygen atoms in total. The topological polar surface area (TPSA) is 103 Å². The molecule has 1 aromatic carbocycles. The SMILES string of the molecule is NC1CCC(Oc2ncncc2NC(=O)c2ccc(F)c(-c3c(F)cccc3F)n2)CC1. The summed E-state index contributed by atoms with van der Waals surface area (Å²) in [4.78, 5) is 24.6. The van der Waals surface area contributed by atoms with E-state index in [9.17, 15) is 18.0 Å². The van der Waals surface area contributed by atoms with Crippen molar-refractivity contribution in [3.05, 3.63) is 66.0 Å². The van der Waals surface area contributed by atoms with E-state index in [-0.39, 0.29) is 29.4 Å². The first-order valence-corrected chi connectivity index (χ1v) is 10.1. The Kier molecular flexibility index (Phi) is 6.31. The van der Waals surface area contributed by atoms with Gasteiger partial charge >= 0.3 is 0 Å². The van der Waals surface area contributed by atoms with Gasteiger partial charge in [0.1, 0.15) is 47.0 Å². The number of pyridine rings is 1. The molecule has 0 unspecified atom stereocenters. The minimum atomic E-state index is -0.992. The van der Waals surface area contributed by atoms with Gasteiger partial charge in [-0.1, -0.05) is 6.07 Å². The van der Waals surface area contributed by atoms with Gasteiger partial charge in [0.15, 0.2) is 0 Å². The summed E-state index contributed by atoms with van der Waals surface area (Å²) in [6.07, 6.45) is 5.72. The number of hydrogen-bond donors (Lipinski definition) is 2. The molecule has 1 aliphatic rings. The van der Waals surface area contributed by atoms with E-state index >= 15 is 0 Å².